The summed E-state index contributed by atoms with van der Waals surface area (Å²) in [5, 5.41) is 5.16. The molecule has 2 aromatic heterocycles. The predicted octanol–water partition coefficient (Wildman–Crippen LogP) is 4.37. The maximum absolute atomic E-state index is 13.5. The molecular weight excluding hydrogens is 334 g/mol. The molecule has 0 radical (unpaired) electrons. The lowest BCUT2D eigenvalue weighted by Crippen LogP contribution is -2.32. The van der Waals surface area contributed by atoms with Crippen LogP contribution in [0.25, 0.3) is 11.1 Å². The van der Waals surface area contributed by atoms with Crippen LogP contribution in [0.4, 0.5) is 5.69 Å². The summed E-state index contributed by atoms with van der Waals surface area (Å²) >= 11 is 1.82. The number of nitrogens with zero attached hydrogens (tertiary/aromatic N) is 3. The van der Waals surface area contributed by atoms with E-state index in [1.54, 1.807) is 0 Å². The van der Waals surface area contributed by atoms with Crippen molar-refractivity contribution in [2.45, 2.75) is 37.3 Å². The summed E-state index contributed by atoms with van der Waals surface area (Å²) in [6, 6.07) is 9.93. The highest BCUT2D eigenvalue weighted by Crippen LogP contribution is 2.38. The zero-order chi connectivity index (χ0) is 17.6. The minimum atomic E-state index is -0.0241. The smallest absolute Gasteiger partial charge is 0.259 e. The average Bonchev–Trinajstić information content (AvgIpc) is 2.86. The fourth-order valence-corrected chi connectivity index (χ4v) is 4.34. The second-order valence-electron chi connectivity index (χ2n) is 6.40. The molecule has 0 saturated heterocycles. The van der Waals surface area contributed by atoms with Crippen LogP contribution < -0.4 is 4.90 Å². The fourth-order valence-electron chi connectivity index (χ4n) is 3.23. The Kier molecular flexibility index (Phi) is 4.00. The Balaban J connectivity index is 1.86. The van der Waals surface area contributed by atoms with E-state index in [-0.39, 0.29) is 5.91 Å². The Labute approximate surface area is 150 Å². The molecule has 1 unspecified atom stereocenters. The van der Waals surface area contributed by atoms with Crippen LogP contribution in [0.3, 0.4) is 0 Å². The van der Waals surface area contributed by atoms with Crippen LogP contribution in [0.2, 0.25) is 0 Å². The van der Waals surface area contributed by atoms with Gasteiger partial charge in [0.25, 0.3) is 11.6 Å². The first-order valence-corrected chi connectivity index (χ1v) is 9.23. The number of benzene rings is 1. The van der Waals surface area contributed by atoms with Gasteiger partial charge in [-0.3, -0.25) is 4.79 Å². The van der Waals surface area contributed by atoms with Crippen molar-refractivity contribution in [1.82, 2.24) is 10.1 Å². The minimum absolute atomic E-state index is 0.0241. The number of thioether (sulfide) groups is 1. The molecule has 3 heterocycles. The molecule has 6 heteroatoms. The Morgan fingerprint density at radius 3 is 2.96 bits per heavy atom. The van der Waals surface area contributed by atoms with Gasteiger partial charge in [0.15, 0.2) is 0 Å². The number of pyridine rings is 1. The van der Waals surface area contributed by atoms with E-state index >= 15 is 0 Å². The molecular formula is C19H19N3O2S. The summed E-state index contributed by atoms with van der Waals surface area (Å²) in [7, 11) is 0. The number of aromatic nitrogens is 2. The zero-order valence-electron chi connectivity index (χ0n) is 14.4. The molecule has 1 atom stereocenters. The Hall–Kier alpha value is -2.34. The summed E-state index contributed by atoms with van der Waals surface area (Å²) in [5.41, 5.74) is 3.44. The predicted molar refractivity (Wildman–Crippen MR) is 99.3 cm³/mol. The Morgan fingerprint density at radius 1 is 1.32 bits per heavy atom. The second kappa shape index (κ2) is 6.19. The normalized spacial score (nSPS) is 17.4. The lowest BCUT2D eigenvalue weighted by molar-refractivity contribution is 0.0988. The van der Waals surface area contributed by atoms with Gasteiger partial charge in [0.2, 0.25) is 0 Å². The Morgan fingerprint density at radius 2 is 2.12 bits per heavy atom. The average molecular weight is 353 g/mol. The molecule has 5 nitrogen and oxygen atoms in total. The first-order chi connectivity index (χ1) is 12.0. The van der Waals surface area contributed by atoms with Gasteiger partial charge in [0, 0.05) is 22.4 Å². The van der Waals surface area contributed by atoms with Crippen molar-refractivity contribution < 1.29 is 9.32 Å². The number of amides is 1. The molecule has 0 fully saturated rings. The number of hydrogen-bond acceptors (Lipinski definition) is 5. The third kappa shape index (κ3) is 2.80. The van der Waals surface area contributed by atoms with Crippen LogP contribution in [-0.2, 0) is 0 Å². The molecule has 1 aromatic carbocycles. The lowest BCUT2D eigenvalue weighted by atomic mass is 10.1. The quantitative estimate of drug-likeness (QED) is 0.650. The molecule has 25 heavy (non-hydrogen) atoms. The van der Waals surface area contributed by atoms with Crippen LogP contribution in [0, 0.1) is 13.8 Å². The van der Waals surface area contributed by atoms with Gasteiger partial charge >= 0.3 is 0 Å². The summed E-state index contributed by atoms with van der Waals surface area (Å²) in [6.45, 7) is 6.60. The van der Waals surface area contributed by atoms with E-state index < -0.39 is 0 Å². The van der Waals surface area contributed by atoms with E-state index in [2.05, 4.69) is 23.1 Å². The van der Waals surface area contributed by atoms with Gasteiger partial charge in [0.05, 0.1) is 22.3 Å². The first kappa shape index (κ1) is 16.1. The Bertz CT molecular complexity index is 966. The number of aryl methyl sites for hydroxylation is 2. The van der Waals surface area contributed by atoms with Crippen LogP contribution in [0.1, 0.15) is 35.1 Å². The highest BCUT2D eigenvalue weighted by Gasteiger charge is 2.27. The number of rotatable bonds is 1. The SMILES string of the molecule is Cc1cc(C(=O)N2CCC(C)Sc3ccccc32)c2c(C)noc2n1. The van der Waals surface area contributed by atoms with Crippen molar-refractivity contribution in [2.75, 3.05) is 11.4 Å². The molecule has 0 N–H and O–H groups in total. The van der Waals surface area contributed by atoms with E-state index in [9.17, 15) is 4.79 Å². The third-order valence-electron chi connectivity index (χ3n) is 4.46. The van der Waals surface area contributed by atoms with Crippen molar-refractivity contribution in [3.05, 3.63) is 47.3 Å². The van der Waals surface area contributed by atoms with E-state index in [1.807, 2.05) is 54.8 Å². The largest absolute Gasteiger partial charge is 0.336 e. The van der Waals surface area contributed by atoms with E-state index in [4.69, 9.17) is 4.52 Å². The van der Waals surface area contributed by atoms with Gasteiger partial charge in [-0.25, -0.2) is 4.98 Å². The van der Waals surface area contributed by atoms with E-state index in [0.717, 1.165) is 22.7 Å². The second-order valence-corrected chi connectivity index (χ2v) is 7.88. The van der Waals surface area contributed by atoms with Crippen molar-refractivity contribution in [3.8, 4) is 0 Å². The van der Waals surface area contributed by atoms with E-state index in [0.29, 0.717) is 34.2 Å². The van der Waals surface area contributed by atoms with Crippen LogP contribution >= 0.6 is 11.8 Å². The van der Waals surface area contributed by atoms with Gasteiger partial charge in [0.1, 0.15) is 0 Å². The number of anilines is 1. The third-order valence-corrected chi connectivity index (χ3v) is 5.70. The molecule has 3 aromatic rings. The van der Waals surface area contributed by atoms with Crippen LogP contribution in [0.5, 0.6) is 0 Å². The van der Waals surface area contributed by atoms with Gasteiger partial charge in [-0.2, -0.15) is 0 Å². The summed E-state index contributed by atoms with van der Waals surface area (Å²) in [6.07, 6.45) is 0.945. The number of hydrogen-bond donors (Lipinski definition) is 0. The first-order valence-electron chi connectivity index (χ1n) is 8.36. The minimum Gasteiger partial charge on any atom is -0.336 e. The van der Waals surface area contributed by atoms with Gasteiger partial charge < -0.3 is 9.42 Å². The van der Waals surface area contributed by atoms with Gasteiger partial charge in [-0.15, -0.1) is 11.8 Å². The van der Waals surface area contributed by atoms with Crippen molar-refractivity contribution in [2.24, 2.45) is 0 Å². The maximum atomic E-state index is 13.5. The highest BCUT2D eigenvalue weighted by atomic mass is 32.2. The van der Waals surface area contributed by atoms with Crippen LogP contribution in [0.15, 0.2) is 39.8 Å². The van der Waals surface area contributed by atoms with Crippen molar-refractivity contribution in [3.63, 3.8) is 0 Å². The van der Waals surface area contributed by atoms with Crippen LogP contribution in [-0.4, -0.2) is 27.8 Å². The molecule has 0 bridgehead atoms. The van der Waals surface area contributed by atoms with Crippen molar-refractivity contribution in [1.29, 1.82) is 0 Å². The molecule has 4 rings (SSSR count). The molecule has 0 aliphatic carbocycles. The molecule has 128 valence electrons. The summed E-state index contributed by atoms with van der Waals surface area (Å²) in [5.74, 6) is -0.0241. The lowest BCUT2D eigenvalue weighted by Gasteiger charge is -2.23. The summed E-state index contributed by atoms with van der Waals surface area (Å²) < 4.78 is 5.28. The summed E-state index contributed by atoms with van der Waals surface area (Å²) in [4.78, 5) is 20.8. The molecule has 0 saturated carbocycles. The number of fused-ring (bicyclic) bond motifs is 2. The molecule has 1 aliphatic rings. The van der Waals surface area contributed by atoms with Crippen molar-refractivity contribution >= 4 is 34.5 Å². The molecule has 1 aliphatic heterocycles. The van der Waals surface area contributed by atoms with Gasteiger partial charge in [-0.1, -0.05) is 24.2 Å². The molecule has 0 spiro atoms. The topological polar surface area (TPSA) is 59.2 Å². The maximum Gasteiger partial charge on any atom is 0.259 e. The number of para-hydroxylation sites is 1. The fraction of sp³-hybridized carbons (Fsp3) is 0.316. The number of carbonyl (C=O) groups excluding carboxylic acids is 1. The standard InChI is InChI=1S/C19H19N3O2S/c1-11-10-14(17-13(3)21-24-18(17)20-11)19(23)22-9-8-12(2)25-16-7-5-4-6-15(16)22/h4-7,10,12H,8-9H2,1-3H3. The monoisotopic (exact) mass is 353 g/mol. The number of carbonyl (C=O) groups is 1. The molecule has 1 amide bonds. The highest BCUT2D eigenvalue weighted by molar-refractivity contribution is 8.00. The zero-order valence-corrected chi connectivity index (χ0v) is 15.3. The van der Waals surface area contributed by atoms with Gasteiger partial charge in [-0.05, 0) is 38.5 Å². The van der Waals surface area contributed by atoms with E-state index in [1.165, 1.54) is 0 Å².